The molecule has 0 aromatic rings. The van der Waals surface area contributed by atoms with Crippen molar-refractivity contribution in [3.63, 3.8) is 0 Å². The van der Waals surface area contributed by atoms with Crippen LogP contribution in [0.25, 0.3) is 0 Å². The maximum Gasteiger partial charge on any atom is 0.109 e. The van der Waals surface area contributed by atoms with Crippen molar-refractivity contribution in [3.05, 3.63) is 12.2 Å². The molecule has 0 aromatic heterocycles. The molecule has 1 saturated heterocycles. The van der Waals surface area contributed by atoms with Crippen LogP contribution in [0.1, 0.15) is 25.7 Å². The lowest BCUT2D eigenvalue weighted by atomic mass is 9.60. The molecule has 1 spiro atoms. The van der Waals surface area contributed by atoms with Gasteiger partial charge in [-0.25, -0.2) is 0 Å². The van der Waals surface area contributed by atoms with Crippen LogP contribution in [0.15, 0.2) is 12.2 Å². The molecule has 1 heterocycles. The minimum atomic E-state index is -0.312. The van der Waals surface area contributed by atoms with Crippen molar-refractivity contribution < 1.29 is 14.6 Å². The third-order valence-corrected chi connectivity index (χ3v) is 4.37. The van der Waals surface area contributed by atoms with Crippen molar-refractivity contribution in [1.82, 2.24) is 0 Å². The van der Waals surface area contributed by atoms with E-state index in [0.29, 0.717) is 12.7 Å². The predicted octanol–water partition coefficient (Wildman–Crippen LogP) is 1.26. The number of ether oxygens (including phenoxy) is 2. The summed E-state index contributed by atoms with van der Waals surface area (Å²) in [5.74, 6) is 0. The lowest BCUT2D eigenvalue weighted by Crippen LogP contribution is -2.54. The maximum absolute atomic E-state index is 10.3. The minimum absolute atomic E-state index is 0.102. The van der Waals surface area contributed by atoms with Crippen LogP contribution in [0.4, 0.5) is 0 Å². The molecule has 3 rings (SSSR count). The number of aliphatic hydroxyl groups is 1. The van der Waals surface area contributed by atoms with Crippen LogP contribution in [-0.4, -0.2) is 36.6 Å². The summed E-state index contributed by atoms with van der Waals surface area (Å²) in [5, 5.41) is 10.3. The third-order valence-electron chi connectivity index (χ3n) is 4.37. The second-order valence-corrected chi connectivity index (χ2v) is 5.02. The topological polar surface area (TPSA) is 42.0 Å². The Morgan fingerprint density at radius 2 is 2.47 bits per heavy atom. The fourth-order valence-corrected chi connectivity index (χ4v) is 3.58. The van der Waals surface area contributed by atoms with Gasteiger partial charge < -0.3 is 14.6 Å². The predicted molar refractivity (Wildman–Crippen MR) is 55.5 cm³/mol. The van der Waals surface area contributed by atoms with Gasteiger partial charge in [0.15, 0.2) is 0 Å². The Bertz CT molecular complexity index is 301. The first kappa shape index (κ1) is 9.82. The molecule has 0 bridgehead atoms. The normalized spacial score (nSPS) is 52.1. The van der Waals surface area contributed by atoms with E-state index in [-0.39, 0.29) is 17.1 Å². The first-order valence-corrected chi connectivity index (χ1v) is 5.78. The highest BCUT2D eigenvalue weighted by Crippen LogP contribution is 2.62. The van der Waals surface area contributed by atoms with E-state index >= 15 is 0 Å². The molecule has 0 unspecified atom stereocenters. The van der Waals surface area contributed by atoms with Crippen LogP contribution in [0.5, 0.6) is 0 Å². The van der Waals surface area contributed by atoms with Crippen molar-refractivity contribution >= 4 is 0 Å². The summed E-state index contributed by atoms with van der Waals surface area (Å²) in [6, 6.07) is 0. The molecule has 1 N–H and O–H groups in total. The highest BCUT2D eigenvalue weighted by atomic mass is 16.6. The van der Waals surface area contributed by atoms with Crippen molar-refractivity contribution in [2.24, 2.45) is 5.41 Å². The first-order valence-electron chi connectivity index (χ1n) is 5.78. The second-order valence-electron chi connectivity index (χ2n) is 5.02. The summed E-state index contributed by atoms with van der Waals surface area (Å²) in [6.07, 6.45) is 8.30. The summed E-state index contributed by atoms with van der Waals surface area (Å²) in [7, 11) is 1.70. The van der Waals surface area contributed by atoms with Crippen LogP contribution in [0.2, 0.25) is 0 Å². The second kappa shape index (κ2) is 3.06. The van der Waals surface area contributed by atoms with E-state index in [1.807, 2.05) is 0 Å². The summed E-state index contributed by atoms with van der Waals surface area (Å²) in [5.41, 5.74) is -0.377. The van der Waals surface area contributed by atoms with Crippen LogP contribution >= 0.6 is 0 Å². The van der Waals surface area contributed by atoms with Crippen LogP contribution in [0, 0.1) is 5.41 Å². The maximum atomic E-state index is 10.3. The zero-order chi connectivity index (χ0) is 10.5. The van der Waals surface area contributed by atoms with E-state index in [1.54, 1.807) is 7.11 Å². The SMILES string of the molecule is COC[C@]12C=CC[C@@H]3O[C@@]31CCC[C@H]2O. The molecular formula is C12H18O3. The summed E-state index contributed by atoms with van der Waals surface area (Å²) in [4.78, 5) is 0. The van der Waals surface area contributed by atoms with Crippen molar-refractivity contribution in [3.8, 4) is 0 Å². The molecule has 3 aliphatic rings. The van der Waals surface area contributed by atoms with Gasteiger partial charge >= 0.3 is 0 Å². The van der Waals surface area contributed by atoms with Gasteiger partial charge in [0.05, 0.1) is 24.2 Å². The van der Waals surface area contributed by atoms with E-state index in [9.17, 15) is 5.11 Å². The molecule has 84 valence electrons. The number of hydrogen-bond donors (Lipinski definition) is 1. The quantitative estimate of drug-likeness (QED) is 0.551. The highest BCUT2D eigenvalue weighted by Gasteiger charge is 2.71. The van der Waals surface area contributed by atoms with E-state index < -0.39 is 0 Å². The smallest absolute Gasteiger partial charge is 0.109 e. The Balaban J connectivity index is 2.01. The monoisotopic (exact) mass is 210 g/mol. The van der Waals surface area contributed by atoms with Gasteiger partial charge in [-0.3, -0.25) is 0 Å². The molecule has 2 fully saturated rings. The summed E-state index contributed by atoms with van der Waals surface area (Å²) >= 11 is 0. The third kappa shape index (κ3) is 1.06. The molecule has 3 heteroatoms. The molecule has 1 aliphatic heterocycles. The molecule has 0 amide bonds. The van der Waals surface area contributed by atoms with Crippen molar-refractivity contribution in [2.75, 3.05) is 13.7 Å². The molecule has 2 aliphatic carbocycles. The Kier molecular flexibility index (Phi) is 2.00. The van der Waals surface area contributed by atoms with E-state index in [4.69, 9.17) is 9.47 Å². The fourth-order valence-electron chi connectivity index (χ4n) is 3.58. The number of epoxide rings is 1. The van der Waals surface area contributed by atoms with Crippen LogP contribution in [0.3, 0.4) is 0 Å². The minimum Gasteiger partial charge on any atom is -0.392 e. The van der Waals surface area contributed by atoms with Gasteiger partial charge in [-0.15, -0.1) is 0 Å². The Labute approximate surface area is 90.1 Å². The zero-order valence-electron chi connectivity index (χ0n) is 9.11. The Morgan fingerprint density at radius 1 is 1.60 bits per heavy atom. The molecule has 0 aromatic carbocycles. The van der Waals surface area contributed by atoms with Gasteiger partial charge in [-0.05, 0) is 25.7 Å². The first-order chi connectivity index (χ1) is 7.25. The molecular weight excluding hydrogens is 192 g/mol. The molecule has 4 atom stereocenters. The molecule has 0 radical (unpaired) electrons. The molecule has 15 heavy (non-hydrogen) atoms. The molecule has 1 saturated carbocycles. The number of hydrogen-bond acceptors (Lipinski definition) is 3. The van der Waals surface area contributed by atoms with Crippen LogP contribution in [-0.2, 0) is 9.47 Å². The van der Waals surface area contributed by atoms with Gasteiger partial charge in [-0.1, -0.05) is 12.2 Å². The fraction of sp³-hybridized carbons (Fsp3) is 0.833. The van der Waals surface area contributed by atoms with E-state index in [0.717, 1.165) is 25.7 Å². The van der Waals surface area contributed by atoms with Crippen molar-refractivity contribution in [2.45, 2.75) is 43.5 Å². The van der Waals surface area contributed by atoms with E-state index in [2.05, 4.69) is 12.2 Å². The number of methoxy groups -OCH3 is 1. The number of rotatable bonds is 2. The average Bonchev–Trinajstić information content (AvgIpc) is 2.92. The highest BCUT2D eigenvalue weighted by molar-refractivity contribution is 5.29. The Morgan fingerprint density at radius 3 is 3.27 bits per heavy atom. The van der Waals surface area contributed by atoms with E-state index in [1.165, 1.54) is 0 Å². The van der Waals surface area contributed by atoms with Crippen molar-refractivity contribution in [1.29, 1.82) is 0 Å². The van der Waals surface area contributed by atoms with Gasteiger partial charge in [0.2, 0.25) is 0 Å². The molecule has 3 nitrogen and oxygen atoms in total. The van der Waals surface area contributed by atoms with Crippen LogP contribution < -0.4 is 0 Å². The largest absolute Gasteiger partial charge is 0.392 e. The zero-order valence-corrected chi connectivity index (χ0v) is 9.11. The Hall–Kier alpha value is -0.380. The average molecular weight is 210 g/mol. The lowest BCUT2D eigenvalue weighted by Gasteiger charge is -2.45. The standard InChI is InChI=1S/C12H18O3/c1-14-8-11-6-3-5-10-12(11,15-10)7-2-4-9(11)13/h3,6,9-10,13H,2,4-5,7-8H2,1H3/t9-,10+,11+,12+/m1/s1. The number of aliphatic hydroxyl groups excluding tert-OH is 1. The summed E-state index contributed by atoms with van der Waals surface area (Å²) in [6.45, 7) is 0.571. The summed E-state index contributed by atoms with van der Waals surface area (Å²) < 4.78 is 11.2. The van der Waals surface area contributed by atoms with Gasteiger partial charge in [-0.2, -0.15) is 0 Å². The van der Waals surface area contributed by atoms with Gasteiger partial charge in [0, 0.05) is 7.11 Å². The van der Waals surface area contributed by atoms with Gasteiger partial charge in [0.1, 0.15) is 5.60 Å². The lowest BCUT2D eigenvalue weighted by molar-refractivity contribution is -0.0775. The van der Waals surface area contributed by atoms with Gasteiger partial charge in [0.25, 0.3) is 0 Å².